The van der Waals surface area contributed by atoms with Crippen molar-refractivity contribution in [3.8, 4) is 0 Å². The normalized spacial score (nSPS) is 11.7. The molecule has 17 heavy (non-hydrogen) atoms. The Morgan fingerprint density at radius 2 is 1.88 bits per heavy atom. The molecule has 1 aromatic rings. The van der Waals surface area contributed by atoms with E-state index in [9.17, 15) is 9.59 Å². The second-order valence-corrected chi connectivity index (χ2v) is 3.86. The molecule has 0 spiro atoms. The fraction of sp³-hybridized carbons (Fsp3) is 0.385. The Bertz CT molecular complexity index is 389. The molecule has 1 amide bonds. The highest BCUT2D eigenvalue weighted by atomic mass is 16.5. The highest BCUT2D eigenvalue weighted by molar-refractivity contribution is 5.83. The Hall–Kier alpha value is -1.84. The second kappa shape index (κ2) is 6.03. The van der Waals surface area contributed by atoms with Gasteiger partial charge in [-0.15, -0.1) is 0 Å². The molecule has 0 aliphatic carbocycles. The number of ether oxygens (including phenoxy) is 1. The first kappa shape index (κ1) is 13.2. The lowest BCUT2D eigenvalue weighted by Gasteiger charge is -2.24. The third-order valence-corrected chi connectivity index (χ3v) is 2.71. The topological polar surface area (TPSA) is 46.6 Å². The van der Waals surface area contributed by atoms with Crippen molar-refractivity contribution in [3.63, 3.8) is 0 Å². The SMILES string of the molecule is COC(=O)[C@@H](Cc1ccccc1)N(C)C(C)=O. The van der Waals surface area contributed by atoms with Gasteiger partial charge in [0, 0.05) is 20.4 Å². The molecular weight excluding hydrogens is 218 g/mol. The van der Waals surface area contributed by atoms with Crippen LogP contribution in [0.4, 0.5) is 0 Å². The summed E-state index contributed by atoms with van der Waals surface area (Å²) in [6, 6.07) is 8.98. The number of hydrogen-bond acceptors (Lipinski definition) is 3. The van der Waals surface area contributed by atoms with E-state index in [1.165, 1.54) is 18.9 Å². The molecule has 4 nitrogen and oxygen atoms in total. The standard InChI is InChI=1S/C13H17NO3/c1-10(15)14(2)12(13(16)17-3)9-11-7-5-4-6-8-11/h4-8,12H,9H2,1-3H3/t12-/m1/s1. The van der Waals surface area contributed by atoms with Crippen molar-refractivity contribution in [2.45, 2.75) is 19.4 Å². The minimum Gasteiger partial charge on any atom is -0.467 e. The molecule has 1 rings (SSSR count). The van der Waals surface area contributed by atoms with E-state index in [0.717, 1.165) is 5.56 Å². The lowest BCUT2D eigenvalue weighted by Crippen LogP contribution is -2.43. The summed E-state index contributed by atoms with van der Waals surface area (Å²) in [6.45, 7) is 1.43. The van der Waals surface area contributed by atoms with Crippen LogP contribution in [0.3, 0.4) is 0 Å². The fourth-order valence-corrected chi connectivity index (χ4v) is 1.57. The van der Waals surface area contributed by atoms with Crippen molar-refractivity contribution in [2.75, 3.05) is 14.2 Å². The molecule has 0 N–H and O–H groups in total. The highest BCUT2D eigenvalue weighted by Gasteiger charge is 2.25. The van der Waals surface area contributed by atoms with E-state index < -0.39 is 12.0 Å². The van der Waals surface area contributed by atoms with Gasteiger partial charge in [0.25, 0.3) is 0 Å². The molecule has 0 aromatic heterocycles. The van der Waals surface area contributed by atoms with Crippen molar-refractivity contribution in [2.24, 2.45) is 0 Å². The van der Waals surface area contributed by atoms with Crippen molar-refractivity contribution >= 4 is 11.9 Å². The van der Waals surface area contributed by atoms with Gasteiger partial charge < -0.3 is 9.64 Å². The number of carbonyl (C=O) groups is 2. The predicted octanol–water partition coefficient (Wildman–Crippen LogP) is 1.25. The van der Waals surface area contributed by atoms with Crippen LogP contribution in [0.2, 0.25) is 0 Å². The van der Waals surface area contributed by atoms with Crippen LogP contribution in [-0.4, -0.2) is 37.0 Å². The number of likely N-dealkylation sites (N-methyl/N-ethyl adjacent to an activating group) is 1. The molecular formula is C13H17NO3. The average Bonchev–Trinajstić information content (AvgIpc) is 2.35. The zero-order valence-corrected chi connectivity index (χ0v) is 10.3. The number of hydrogen-bond donors (Lipinski definition) is 0. The maximum Gasteiger partial charge on any atom is 0.328 e. The number of benzene rings is 1. The van der Waals surface area contributed by atoms with Gasteiger partial charge in [0.15, 0.2) is 0 Å². The molecule has 0 radical (unpaired) electrons. The molecule has 0 bridgehead atoms. The zero-order valence-electron chi connectivity index (χ0n) is 10.3. The molecule has 0 aliphatic rings. The third kappa shape index (κ3) is 3.59. The lowest BCUT2D eigenvalue weighted by atomic mass is 10.1. The largest absolute Gasteiger partial charge is 0.467 e. The molecule has 92 valence electrons. The van der Waals surface area contributed by atoms with Crippen LogP contribution >= 0.6 is 0 Å². The molecule has 0 aliphatic heterocycles. The number of carbonyl (C=O) groups excluding carboxylic acids is 2. The van der Waals surface area contributed by atoms with Crippen molar-refractivity contribution < 1.29 is 14.3 Å². The Kier molecular flexibility index (Phi) is 4.69. The van der Waals surface area contributed by atoms with Crippen LogP contribution in [0.15, 0.2) is 30.3 Å². The van der Waals surface area contributed by atoms with Crippen LogP contribution in [0.1, 0.15) is 12.5 Å². The minimum atomic E-state index is -0.570. The quantitative estimate of drug-likeness (QED) is 0.738. The maximum absolute atomic E-state index is 11.6. The highest BCUT2D eigenvalue weighted by Crippen LogP contribution is 2.09. The van der Waals surface area contributed by atoms with Crippen molar-refractivity contribution in [1.82, 2.24) is 4.90 Å². The number of esters is 1. The Balaban J connectivity index is 2.85. The van der Waals surface area contributed by atoms with E-state index in [1.54, 1.807) is 7.05 Å². The van der Waals surface area contributed by atoms with Crippen LogP contribution in [0, 0.1) is 0 Å². The van der Waals surface area contributed by atoms with Gasteiger partial charge in [-0.2, -0.15) is 0 Å². The molecule has 4 heteroatoms. The number of nitrogens with zero attached hydrogens (tertiary/aromatic N) is 1. The molecule has 0 unspecified atom stereocenters. The van der Waals surface area contributed by atoms with E-state index >= 15 is 0 Å². The molecule has 0 saturated heterocycles. The smallest absolute Gasteiger partial charge is 0.328 e. The summed E-state index contributed by atoms with van der Waals surface area (Å²) >= 11 is 0. The Labute approximate surface area is 101 Å². The van der Waals surface area contributed by atoms with E-state index in [1.807, 2.05) is 30.3 Å². The Morgan fingerprint density at radius 1 is 1.29 bits per heavy atom. The number of rotatable bonds is 4. The van der Waals surface area contributed by atoms with E-state index in [0.29, 0.717) is 6.42 Å². The number of methoxy groups -OCH3 is 1. The fourth-order valence-electron chi connectivity index (χ4n) is 1.57. The van der Waals surface area contributed by atoms with E-state index in [-0.39, 0.29) is 5.91 Å². The first-order valence-electron chi connectivity index (χ1n) is 5.41. The van der Waals surface area contributed by atoms with Gasteiger partial charge in [0.05, 0.1) is 7.11 Å². The van der Waals surface area contributed by atoms with Gasteiger partial charge in [0.2, 0.25) is 5.91 Å². The summed E-state index contributed by atoms with van der Waals surface area (Å²) < 4.78 is 4.72. The molecule has 0 heterocycles. The van der Waals surface area contributed by atoms with Gasteiger partial charge in [-0.3, -0.25) is 4.79 Å². The van der Waals surface area contributed by atoms with Gasteiger partial charge in [-0.25, -0.2) is 4.79 Å². The van der Waals surface area contributed by atoms with Crippen LogP contribution < -0.4 is 0 Å². The first-order valence-corrected chi connectivity index (χ1v) is 5.41. The van der Waals surface area contributed by atoms with Gasteiger partial charge in [-0.1, -0.05) is 30.3 Å². The average molecular weight is 235 g/mol. The van der Waals surface area contributed by atoms with Gasteiger partial charge in [-0.05, 0) is 5.56 Å². The zero-order chi connectivity index (χ0) is 12.8. The lowest BCUT2D eigenvalue weighted by molar-refractivity contribution is -0.151. The molecule has 1 atom stereocenters. The van der Waals surface area contributed by atoms with E-state index in [2.05, 4.69) is 0 Å². The first-order chi connectivity index (χ1) is 8.06. The predicted molar refractivity (Wildman–Crippen MR) is 64.4 cm³/mol. The molecule has 1 aromatic carbocycles. The summed E-state index contributed by atoms with van der Waals surface area (Å²) in [7, 11) is 2.93. The third-order valence-electron chi connectivity index (χ3n) is 2.71. The summed E-state index contributed by atoms with van der Waals surface area (Å²) in [5, 5.41) is 0. The second-order valence-electron chi connectivity index (χ2n) is 3.86. The number of amides is 1. The summed E-state index contributed by atoms with van der Waals surface area (Å²) in [6.07, 6.45) is 0.462. The maximum atomic E-state index is 11.6. The van der Waals surface area contributed by atoms with Crippen LogP contribution in [0.5, 0.6) is 0 Å². The summed E-state index contributed by atoms with van der Waals surface area (Å²) in [5.41, 5.74) is 0.996. The van der Waals surface area contributed by atoms with Crippen LogP contribution in [-0.2, 0) is 20.7 Å². The Morgan fingerprint density at radius 3 is 2.35 bits per heavy atom. The summed E-state index contributed by atoms with van der Waals surface area (Å²) in [5.74, 6) is -0.553. The van der Waals surface area contributed by atoms with Gasteiger partial charge >= 0.3 is 5.97 Å². The van der Waals surface area contributed by atoms with Crippen LogP contribution in [0.25, 0.3) is 0 Å². The van der Waals surface area contributed by atoms with Crippen molar-refractivity contribution in [3.05, 3.63) is 35.9 Å². The van der Waals surface area contributed by atoms with E-state index in [4.69, 9.17) is 4.74 Å². The van der Waals surface area contributed by atoms with Gasteiger partial charge in [0.1, 0.15) is 6.04 Å². The summed E-state index contributed by atoms with van der Waals surface area (Å²) in [4.78, 5) is 24.4. The minimum absolute atomic E-state index is 0.156. The monoisotopic (exact) mass is 235 g/mol. The molecule has 0 saturated carbocycles. The molecule has 0 fully saturated rings. The van der Waals surface area contributed by atoms with Crippen molar-refractivity contribution in [1.29, 1.82) is 0 Å².